The molecule has 1 unspecified atom stereocenters. The van der Waals surface area contributed by atoms with E-state index in [9.17, 15) is 0 Å². The molecule has 2 aliphatic rings. The molecule has 1 aromatic heterocycles. The minimum Gasteiger partial charge on any atom is -0.355 e. The standard InChI is InChI=1S/C20H35N7.HI/c1-21-19(24-16-18(25(2)3)17-8-5-4-6-9-17)26-12-14-27(15-13-26)20-22-10-7-11-23-20;/h7,10-11,17-18H,4-6,8-9,12-16H2,1-3H3,(H,21,24);1H. The SMILES string of the molecule is CN=C(NCC(C1CCCCC1)N(C)C)N1CCN(c2ncccn2)CC1.I. The lowest BCUT2D eigenvalue weighted by atomic mass is 9.83. The van der Waals surface area contributed by atoms with Gasteiger partial charge in [0, 0.05) is 58.2 Å². The van der Waals surface area contributed by atoms with Gasteiger partial charge in [0.25, 0.3) is 0 Å². The van der Waals surface area contributed by atoms with Crippen molar-refractivity contribution in [3.63, 3.8) is 0 Å². The zero-order valence-electron chi connectivity index (χ0n) is 17.5. The van der Waals surface area contributed by atoms with E-state index < -0.39 is 0 Å². The number of likely N-dealkylation sites (N-methyl/N-ethyl adjacent to an activating group) is 1. The molecule has 1 aromatic rings. The molecule has 7 nitrogen and oxygen atoms in total. The van der Waals surface area contributed by atoms with E-state index in [1.54, 1.807) is 0 Å². The number of hydrogen-bond acceptors (Lipinski definition) is 5. The van der Waals surface area contributed by atoms with Crippen molar-refractivity contribution in [2.45, 2.75) is 38.1 Å². The Morgan fingerprint density at radius 3 is 2.36 bits per heavy atom. The first kappa shape index (κ1) is 23.1. The van der Waals surface area contributed by atoms with E-state index in [2.05, 4.69) is 49.1 Å². The van der Waals surface area contributed by atoms with E-state index in [1.807, 2.05) is 25.5 Å². The smallest absolute Gasteiger partial charge is 0.225 e. The number of rotatable bonds is 5. The average molecular weight is 501 g/mol. The van der Waals surface area contributed by atoms with Crippen LogP contribution in [0.15, 0.2) is 23.5 Å². The quantitative estimate of drug-likeness (QED) is 0.380. The molecule has 1 aliphatic carbocycles. The highest BCUT2D eigenvalue weighted by Gasteiger charge is 2.27. The lowest BCUT2D eigenvalue weighted by Gasteiger charge is -2.38. The first-order valence-corrected chi connectivity index (χ1v) is 10.3. The molecule has 3 rings (SSSR count). The number of anilines is 1. The van der Waals surface area contributed by atoms with Gasteiger partial charge in [-0.1, -0.05) is 19.3 Å². The van der Waals surface area contributed by atoms with E-state index in [0.717, 1.165) is 50.5 Å². The highest BCUT2D eigenvalue weighted by molar-refractivity contribution is 14.0. The molecule has 0 amide bonds. The van der Waals surface area contributed by atoms with Crippen LogP contribution >= 0.6 is 24.0 Å². The predicted molar refractivity (Wildman–Crippen MR) is 127 cm³/mol. The Bertz CT molecular complexity index is 581. The third-order valence-corrected chi connectivity index (χ3v) is 5.95. The zero-order valence-corrected chi connectivity index (χ0v) is 19.9. The van der Waals surface area contributed by atoms with Gasteiger partial charge >= 0.3 is 0 Å². The van der Waals surface area contributed by atoms with E-state index in [-0.39, 0.29) is 24.0 Å². The molecule has 8 heteroatoms. The van der Waals surface area contributed by atoms with Crippen molar-refractivity contribution in [1.29, 1.82) is 0 Å². The summed E-state index contributed by atoms with van der Waals surface area (Å²) in [6, 6.07) is 2.43. The molecule has 1 N–H and O–H groups in total. The molecule has 0 bridgehead atoms. The van der Waals surface area contributed by atoms with Crippen LogP contribution in [0.2, 0.25) is 0 Å². The van der Waals surface area contributed by atoms with Crippen LogP contribution in [0, 0.1) is 5.92 Å². The number of halogens is 1. The van der Waals surface area contributed by atoms with Crippen LogP contribution in [0.3, 0.4) is 0 Å². The van der Waals surface area contributed by atoms with Crippen molar-refractivity contribution in [2.24, 2.45) is 10.9 Å². The second-order valence-electron chi connectivity index (χ2n) is 7.88. The number of aromatic nitrogens is 2. The predicted octanol–water partition coefficient (Wildman–Crippen LogP) is 2.30. The van der Waals surface area contributed by atoms with Crippen LogP contribution in [0.1, 0.15) is 32.1 Å². The van der Waals surface area contributed by atoms with Gasteiger partial charge in [0.15, 0.2) is 5.96 Å². The van der Waals surface area contributed by atoms with Crippen molar-refractivity contribution in [3.05, 3.63) is 18.5 Å². The maximum Gasteiger partial charge on any atom is 0.225 e. The summed E-state index contributed by atoms with van der Waals surface area (Å²) >= 11 is 0. The van der Waals surface area contributed by atoms with Gasteiger partial charge in [-0.05, 0) is 38.9 Å². The van der Waals surface area contributed by atoms with Gasteiger partial charge in [-0.25, -0.2) is 9.97 Å². The maximum absolute atomic E-state index is 4.55. The van der Waals surface area contributed by atoms with Crippen LogP contribution < -0.4 is 10.2 Å². The fraction of sp³-hybridized carbons (Fsp3) is 0.750. The van der Waals surface area contributed by atoms with Crippen LogP contribution in [-0.2, 0) is 0 Å². The Labute approximate surface area is 187 Å². The Morgan fingerprint density at radius 2 is 1.79 bits per heavy atom. The lowest BCUT2D eigenvalue weighted by molar-refractivity contribution is 0.170. The van der Waals surface area contributed by atoms with Gasteiger partial charge in [0.1, 0.15) is 0 Å². The summed E-state index contributed by atoms with van der Waals surface area (Å²) in [6.07, 6.45) is 10.5. The zero-order chi connectivity index (χ0) is 19.1. The van der Waals surface area contributed by atoms with Gasteiger partial charge in [0.2, 0.25) is 5.95 Å². The van der Waals surface area contributed by atoms with Gasteiger partial charge in [0.05, 0.1) is 0 Å². The number of hydrogen-bond donors (Lipinski definition) is 1. The molecule has 1 aliphatic heterocycles. The molecule has 1 saturated heterocycles. The molecular weight excluding hydrogens is 465 g/mol. The Balaban J connectivity index is 0.00000280. The first-order valence-electron chi connectivity index (χ1n) is 10.3. The summed E-state index contributed by atoms with van der Waals surface area (Å²) in [4.78, 5) is 20.3. The monoisotopic (exact) mass is 501 g/mol. The Hall–Kier alpha value is -1.16. The number of piperazine rings is 1. The highest BCUT2D eigenvalue weighted by Crippen LogP contribution is 2.28. The summed E-state index contributed by atoms with van der Waals surface area (Å²) < 4.78 is 0. The van der Waals surface area contributed by atoms with E-state index >= 15 is 0 Å². The minimum absolute atomic E-state index is 0. The summed E-state index contributed by atoms with van der Waals surface area (Å²) in [5.74, 6) is 2.64. The summed E-state index contributed by atoms with van der Waals surface area (Å²) in [5.41, 5.74) is 0. The van der Waals surface area contributed by atoms with Gasteiger partial charge in [-0.3, -0.25) is 4.99 Å². The average Bonchev–Trinajstić information content (AvgIpc) is 2.72. The second-order valence-corrected chi connectivity index (χ2v) is 7.88. The lowest BCUT2D eigenvalue weighted by Crippen LogP contribution is -2.55. The fourth-order valence-corrected chi connectivity index (χ4v) is 4.39. The molecule has 2 heterocycles. The van der Waals surface area contributed by atoms with Gasteiger partial charge < -0.3 is 20.0 Å². The minimum atomic E-state index is 0. The second kappa shape index (κ2) is 11.7. The highest BCUT2D eigenvalue weighted by atomic mass is 127. The van der Waals surface area contributed by atoms with Crippen molar-refractivity contribution in [2.75, 3.05) is 58.8 Å². The van der Waals surface area contributed by atoms with E-state index in [4.69, 9.17) is 0 Å². The molecule has 1 atom stereocenters. The molecule has 28 heavy (non-hydrogen) atoms. The summed E-state index contributed by atoms with van der Waals surface area (Å²) in [7, 11) is 6.31. The summed E-state index contributed by atoms with van der Waals surface area (Å²) in [6.45, 7) is 4.68. The molecule has 2 fully saturated rings. The van der Waals surface area contributed by atoms with Crippen LogP contribution in [0.5, 0.6) is 0 Å². The topological polar surface area (TPSA) is 59.9 Å². The maximum atomic E-state index is 4.55. The third kappa shape index (κ3) is 6.17. The van der Waals surface area contributed by atoms with Crippen molar-refractivity contribution < 1.29 is 0 Å². The number of aliphatic imine (C=N–C) groups is 1. The van der Waals surface area contributed by atoms with Gasteiger partial charge in [-0.2, -0.15) is 0 Å². The van der Waals surface area contributed by atoms with Crippen molar-refractivity contribution in [3.8, 4) is 0 Å². The molecule has 0 spiro atoms. The Kier molecular flexibility index (Phi) is 9.70. The third-order valence-electron chi connectivity index (χ3n) is 5.95. The number of nitrogens with one attached hydrogen (secondary N) is 1. The Morgan fingerprint density at radius 1 is 1.14 bits per heavy atom. The summed E-state index contributed by atoms with van der Waals surface area (Å²) in [5, 5.41) is 3.66. The molecule has 0 aromatic carbocycles. The van der Waals surface area contributed by atoms with E-state index in [1.165, 1.54) is 32.1 Å². The van der Waals surface area contributed by atoms with E-state index in [0.29, 0.717) is 6.04 Å². The normalized spacial score (nSPS) is 20.1. The van der Waals surface area contributed by atoms with Crippen LogP contribution in [-0.4, -0.2) is 85.6 Å². The molecule has 1 saturated carbocycles. The largest absolute Gasteiger partial charge is 0.355 e. The fourth-order valence-electron chi connectivity index (χ4n) is 4.39. The van der Waals surface area contributed by atoms with Crippen molar-refractivity contribution in [1.82, 2.24) is 25.1 Å². The molecule has 0 radical (unpaired) electrons. The first-order chi connectivity index (χ1) is 13.2. The number of nitrogens with zero attached hydrogens (tertiary/aromatic N) is 6. The van der Waals surface area contributed by atoms with Crippen LogP contribution in [0.4, 0.5) is 5.95 Å². The van der Waals surface area contributed by atoms with Crippen molar-refractivity contribution >= 4 is 35.9 Å². The molecular formula is C20H36IN7. The molecule has 158 valence electrons. The van der Waals surface area contributed by atoms with Gasteiger partial charge in [-0.15, -0.1) is 24.0 Å². The van der Waals surface area contributed by atoms with Crippen LogP contribution in [0.25, 0.3) is 0 Å². The number of guanidine groups is 1.